The van der Waals surface area contributed by atoms with Gasteiger partial charge in [0.25, 0.3) is 0 Å². The third-order valence-electron chi connectivity index (χ3n) is 3.40. The van der Waals surface area contributed by atoms with Gasteiger partial charge in [0, 0.05) is 25.2 Å². The van der Waals surface area contributed by atoms with Crippen LogP contribution < -0.4 is 10.6 Å². The zero-order chi connectivity index (χ0) is 12.1. The van der Waals surface area contributed by atoms with Crippen LogP contribution in [0.1, 0.15) is 36.9 Å². The maximum absolute atomic E-state index is 8.96. The Morgan fingerprint density at radius 2 is 2.29 bits per heavy atom. The molecule has 0 saturated heterocycles. The van der Waals surface area contributed by atoms with Gasteiger partial charge in [0.05, 0.1) is 0 Å². The summed E-state index contributed by atoms with van der Waals surface area (Å²) < 4.78 is 0. The summed E-state index contributed by atoms with van der Waals surface area (Å²) in [6, 6.07) is 9.37. The SMILES string of the molecule is CC(CCO)NC1CCNCc2ccccc21. The Balaban J connectivity index is 2.11. The third-order valence-corrected chi connectivity index (χ3v) is 3.40. The van der Waals surface area contributed by atoms with Gasteiger partial charge in [0.1, 0.15) is 0 Å². The molecule has 3 nitrogen and oxygen atoms in total. The summed E-state index contributed by atoms with van der Waals surface area (Å²) >= 11 is 0. The Labute approximate surface area is 103 Å². The highest BCUT2D eigenvalue weighted by molar-refractivity contribution is 5.31. The van der Waals surface area contributed by atoms with Gasteiger partial charge in [-0.25, -0.2) is 0 Å². The van der Waals surface area contributed by atoms with E-state index in [2.05, 4.69) is 41.8 Å². The molecule has 17 heavy (non-hydrogen) atoms. The highest BCUT2D eigenvalue weighted by Crippen LogP contribution is 2.24. The summed E-state index contributed by atoms with van der Waals surface area (Å²) in [5.41, 5.74) is 2.79. The number of fused-ring (bicyclic) bond motifs is 1. The number of nitrogens with one attached hydrogen (secondary N) is 2. The van der Waals surface area contributed by atoms with Crippen LogP contribution in [0.15, 0.2) is 24.3 Å². The molecule has 1 aromatic carbocycles. The van der Waals surface area contributed by atoms with E-state index in [1.165, 1.54) is 11.1 Å². The van der Waals surface area contributed by atoms with E-state index in [4.69, 9.17) is 5.11 Å². The van der Waals surface area contributed by atoms with Crippen LogP contribution in [0, 0.1) is 0 Å². The van der Waals surface area contributed by atoms with Crippen LogP contribution in [-0.2, 0) is 6.54 Å². The minimum atomic E-state index is 0.251. The molecule has 2 atom stereocenters. The van der Waals surface area contributed by atoms with Crippen molar-refractivity contribution in [3.63, 3.8) is 0 Å². The van der Waals surface area contributed by atoms with Gasteiger partial charge in [-0.15, -0.1) is 0 Å². The maximum atomic E-state index is 8.96. The van der Waals surface area contributed by atoms with Crippen molar-refractivity contribution in [1.82, 2.24) is 10.6 Å². The van der Waals surface area contributed by atoms with Crippen LogP contribution in [0.5, 0.6) is 0 Å². The van der Waals surface area contributed by atoms with Crippen molar-refractivity contribution in [2.24, 2.45) is 0 Å². The Hall–Kier alpha value is -0.900. The molecule has 0 radical (unpaired) electrons. The molecule has 1 aliphatic rings. The molecule has 0 aromatic heterocycles. The fourth-order valence-electron chi connectivity index (χ4n) is 2.45. The third kappa shape index (κ3) is 3.28. The highest BCUT2D eigenvalue weighted by Gasteiger charge is 2.19. The number of benzene rings is 1. The first-order valence-corrected chi connectivity index (χ1v) is 6.46. The summed E-state index contributed by atoms with van der Waals surface area (Å²) in [4.78, 5) is 0. The molecule has 3 heteroatoms. The second-order valence-electron chi connectivity index (χ2n) is 4.80. The predicted octanol–water partition coefficient (Wildman–Crippen LogP) is 1.58. The van der Waals surface area contributed by atoms with Crippen LogP contribution in [0.2, 0.25) is 0 Å². The standard InChI is InChI=1S/C14H22N2O/c1-11(7-9-17)16-14-6-8-15-10-12-4-2-3-5-13(12)14/h2-5,11,14-17H,6-10H2,1H3. The molecule has 1 heterocycles. The number of hydrogen-bond acceptors (Lipinski definition) is 3. The largest absolute Gasteiger partial charge is 0.396 e. The quantitative estimate of drug-likeness (QED) is 0.741. The van der Waals surface area contributed by atoms with Crippen molar-refractivity contribution >= 4 is 0 Å². The molecule has 1 aromatic rings. The topological polar surface area (TPSA) is 44.3 Å². The molecule has 94 valence electrons. The number of aliphatic hydroxyl groups excluding tert-OH is 1. The van der Waals surface area contributed by atoms with Gasteiger partial charge in [-0.1, -0.05) is 24.3 Å². The van der Waals surface area contributed by atoms with Gasteiger partial charge in [0.15, 0.2) is 0 Å². The fraction of sp³-hybridized carbons (Fsp3) is 0.571. The Morgan fingerprint density at radius 3 is 3.12 bits per heavy atom. The number of rotatable bonds is 4. The van der Waals surface area contributed by atoms with Gasteiger partial charge in [-0.3, -0.25) is 0 Å². The van der Waals surface area contributed by atoms with Crippen LogP contribution in [-0.4, -0.2) is 24.3 Å². The van der Waals surface area contributed by atoms with Gasteiger partial charge >= 0.3 is 0 Å². The first-order valence-electron chi connectivity index (χ1n) is 6.46. The Bertz CT molecular complexity index is 354. The normalized spacial score (nSPS) is 21.6. The summed E-state index contributed by atoms with van der Waals surface area (Å²) in [7, 11) is 0. The molecule has 2 rings (SSSR count). The second kappa shape index (κ2) is 6.15. The number of aliphatic hydroxyl groups is 1. The lowest BCUT2D eigenvalue weighted by Gasteiger charge is -2.23. The van der Waals surface area contributed by atoms with Crippen LogP contribution in [0.3, 0.4) is 0 Å². The second-order valence-corrected chi connectivity index (χ2v) is 4.80. The first kappa shape index (κ1) is 12.6. The first-order chi connectivity index (χ1) is 8.31. The molecule has 0 saturated carbocycles. The monoisotopic (exact) mass is 234 g/mol. The van der Waals surface area contributed by atoms with Gasteiger partial charge in [0.2, 0.25) is 0 Å². The molecule has 2 unspecified atom stereocenters. The average molecular weight is 234 g/mol. The zero-order valence-electron chi connectivity index (χ0n) is 10.4. The Morgan fingerprint density at radius 1 is 1.47 bits per heavy atom. The maximum Gasteiger partial charge on any atom is 0.0445 e. The molecule has 3 N–H and O–H groups in total. The summed E-state index contributed by atoms with van der Waals surface area (Å²) in [5.74, 6) is 0. The van der Waals surface area contributed by atoms with Crippen molar-refractivity contribution in [1.29, 1.82) is 0 Å². The molecule has 1 aliphatic heterocycles. The van der Waals surface area contributed by atoms with E-state index in [0.717, 1.165) is 25.9 Å². The zero-order valence-corrected chi connectivity index (χ0v) is 10.4. The predicted molar refractivity (Wildman–Crippen MR) is 69.8 cm³/mol. The molecule has 0 amide bonds. The molecule has 0 fully saturated rings. The molecule has 0 bridgehead atoms. The van der Waals surface area contributed by atoms with E-state index in [0.29, 0.717) is 12.1 Å². The van der Waals surface area contributed by atoms with Crippen LogP contribution in [0.25, 0.3) is 0 Å². The molecule has 0 aliphatic carbocycles. The smallest absolute Gasteiger partial charge is 0.0445 e. The van der Waals surface area contributed by atoms with Crippen molar-refractivity contribution in [3.8, 4) is 0 Å². The van der Waals surface area contributed by atoms with Gasteiger partial charge < -0.3 is 15.7 Å². The lowest BCUT2D eigenvalue weighted by molar-refractivity contribution is 0.262. The van der Waals surface area contributed by atoms with Crippen LogP contribution >= 0.6 is 0 Å². The van der Waals surface area contributed by atoms with Crippen molar-refractivity contribution < 1.29 is 5.11 Å². The van der Waals surface area contributed by atoms with Crippen molar-refractivity contribution in [2.75, 3.05) is 13.2 Å². The minimum absolute atomic E-state index is 0.251. The van der Waals surface area contributed by atoms with Crippen molar-refractivity contribution in [2.45, 2.75) is 38.4 Å². The molecular weight excluding hydrogens is 212 g/mol. The van der Waals surface area contributed by atoms with Gasteiger partial charge in [-0.05, 0) is 37.4 Å². The highest BCUT2D eigenvalue weighted by atomic mass is 16.3. The van der Waals surface area contributed by atoms with E-state index in [9.17, 15) is 0 Å². The lowest BCUT2D eigenvalue weighted by atomic mass is 9.98. The lowest BCUT2D eigenvalue weighted by Crippen LogP contribution is -2.32. The Kier molecular flexibility index (Phi) is 4.54. The van der Waals surface area contributed by atoms with E-state index in [-0.39, 0.29) is 6.61 Å². The van der Waals surface area contributed by atoms with E-state index < -0.39 is 0 Å². The summed E-state index contributed by atoms with van der Waals surface area (Å²) in [6.07, 6.45) is 1.92. The van der Waals surface area contributed by atoms with E-state index in [1.807, 2.05) is 0 Å². The van der Waals surface area contributed by atoms with Gasteiger partial charge in [-0.2, -0.15) is 0 Å². The average Bonchev–Trinajstić information content (AvgIpc) is 2.53. The number of hydrogen-bond donors (Lipinski definition) is 3. The fourth-order valence-corrected chi connectivity index (χ4v) is 2.45. The molecular formula is C14H22N2O. The summed E-state index contributed by atoms with van der Waals surface area (Å²) in [5, 5.41) is 16.0. The minimum Gasteiger partial charge on any atom is -0.396 e. The van der Waals surface area contributed by atoms with Crippen molar-refractivity contribution in [3.05, 3.63) is 35.4 Å². The van der Waals surface area contributed by atoms with E-state index >= 15 is 0 Å². The molecule has 0 spiro atoms. The van der Waals surface area contributed by atoms with E-state index in [1.54, 1.807) is 0 Å². The van der Waals surface area contributed by atoms with Crippen LogP contribution in [0.4, 0.5) is 0 Å². The summed E-state index contributed by atoms with van der Waals surface area (Å²) in [6.45, 7) is 4.39.